The van der Waals surface area contributed by atoms with Gasteiger partial charge in [0.15, 0.2) is 0 Å². The van der Waals surface area contributed by atoms with E-state index < -0.39 is 0 Å². The molecule has 4 nitrogen and oxygen atoms in total. The molecule has 41 heavy (non-hydrogen) atoms. The number of para-hydroxylation sites is 2. The molecule has 0 bridgehead atoms. The molecule has 4 heteroatoms. The molecular weight excluding hydrogens is 500 g/mol. The highest BCUT2D eigenvalue weighted by molar-refractivity contribution is 6.19. The van der Waals surface area contributed by atoms with Gasteiger partial charge in [0.05, 0.1) is 45.0 Å². The maximum absolute atomic E-state index is 10.4. The number of fused-ring (bicyclic) bond motifs is 6. The molecule has 0 fully saturated rings. The van der Waals surface area contributed by atoms with Crippen molar-refractivity contribution in [2.24, 2.45) is 0 Å². The number of nitrogens with zero attached hydrogens (tertiary/aromatic N) is 4. The molecule has 0 saturated carbocycles. The first-order valence-electron chi connectivity index (χ1n) is 13.7. The Hall–Kier alpha value is -5.32. The Balaban J connectivity index is 1.86. The van der Waals surface area contributed by atoms with E-state index in [-0.39, 0.29) is 5.41 Å². The highest BCUT2D eigenvalue weighted by atomic mass is 15.0. The molecule has 6 aromatic rings. The minimum Gasteiger partial charge on any atom is -0.309 e. The van der Waals surface area contributed by atoms with Crippen molar-refractivity contribution < 1.29 is 0 Å². The second-order valence-electron chi connectivity index (χ2n) is 11.3. The van der Waals surface area contributed by atoms with Crippen LogP contribution in [0.5, 0.6) is 0 Å². The van der Waals surface area contributed by atoms with Gasteiger partial charge in [0.2, 0.25) is 0 Å². The topological polar surface area (TPSA) is 57.4 Å². The van der Waals surface area contributed by atoms with Crippen molar-refractivity contribution in [3.8, 4) is 17.8 Å². The molecule has 0 radical (unpaired) electrons. The molecule has 6 rings (SSSR count). The van der Waals surface area contributed by atoms with Crippen LogP contribution in [0.3, 0.4) is 0 Å². The summed E-state index contributed by atoms with van der Waals surface area (Å²) >= 11 is 0. The van der Waals surface area contributed by atoms with Gasteiger partial charge < -0.3 is 9.13 Å². The molecule has 2 aromatic heterocycles. The van der Waals surface area contributed by atoms with Crippen LogP contribution in [0, 0.1) is 22.7 Å². The van der Waals surface area contributed by atoms with Crippen LogP contribution in [0.2, 0.25) is 0 Å². The van der Waals surface area contributed by atoms with Gasteiger partial charge in [0.25, 0.3) is 0 Å². The van der Waals surface area contributed by atoms with Crippen molar-refractivity contribution >= 4 is 49.3 Å². The van der Waals surface area contributed by atoms with Gasteiger partial charge in [0, 0.05) is 27.2 Å². The number of rotatable bonds is 4. The lowest BCUT2D eigenvalue weighted by molar-refractivity contribution is 0.587. The second kappa shape index (κ2) is 9.70. The Kier molecular flexibility index (Phi) is 6.14. The molecule has 4 aromatic carbocycles. The van der Waals surface area contributed by atoms with E-state index in [0.717, 1.165) is 60.6 Å². The molecule has 0 aliphatic heterocycles. The monoisotopic (exact) mass is 530 g/mol. The zero-order chi connectivity index (χ0) is 28.9. The van der Waals surface area contributed by atoms with Gasteiger partial charge in [-0.15, -0.1) is 0 Å². The Bertz CT molecular complexity index is 2180. The zero-order valence-corrected chi connectivity index (χ0v) is 23.7. The van der Waals surface area contributed by atoms with Crippen molar-refractivity contribution in [2.45, 2.75) is 33.1 Å². The Morgan fingerprint density at radius 3 is 2.05 bits per heavy atom. The average molecular weight is 531 g/mol. The molecule has 0 saturated heterocycles. The molecule has 0 aliphatic carbocycles. The summed E-state index contributed by atoms with van der Waals surface area (Å²) in [7, 11) is 0. The molecule has 0 aliphatic rings. The third-order valence-electron chi connectivity index (χ3n) is 7.74. The van der Waals surface area contributed by atoms with Gasteiger partial charge in [-0.3, -0.25) is 0 Å². The number of hydrogen-bond donors (Lipinski definition) is 0. The normalized spacial score (nSPS) is 12.5. The van der Waals surface area contributed by atoms with Gasteiger partial charge >= 0.3 is 0 Å². The Labute approximate surface area is 240 Å². The standard InChI is InChI=1S/C37H30N4/c1-6-12-26(13-7-2)40-32-16-10-8-14-27(32)29-21-35-30(20-34(29)40)28-15-9-11-17-33(28)41(35)36-25(23-39)18-24(22-38)19-31(36)37(3,4)5/h6-21H,1H2,2-5H3/b13-7-,26-12+. The molecule has 0 amide bonds. The van der Waals surface area contributed by atoms with Crippen LogP contribution < -0.4 is 0 Å². The van der Waals surface area contributed by atoms with Crippen molar-refractivity contribution in [3.63, 3.8) is 0 Å². The number of nitriles is 2. The highest BCUT2D eigenvalue weighted by Gasteiger charge is 2.26. The minimum absolute atomic E-state index is 0.303. The van der Waals surface area contributed by atoms with Gasteiger partial charge in [-0.05, 0) is 66.5 Å². The third kappa shape index (κ3) is 3.96. The molecule has 2 heterocycles. The van der Waals surface area contributed by atoms with Crippen LogP contribution in [-0.4, -0.2) is 9.13 Å². The summed E-state index contributed by atoms with van der Waals surface area (Å²) in [6, 6.07) is 29.7. The predicted octanol–water partition coefficient (Wildman–Crippen LogP) is 9.54. The summed E-state index contributed by atoms with van der Waals surface area (Å²) in [5.74, 6) is 0. The first-order valence-corrected chi connectivity index (χ1v) is 13.7. The lowest BCUT2D eigenvalue weighted by Gasteiger charge is -2.25. The molecule has 0 N–H and O–H groups in total. The van der Waals surface area contributed by atoms with Crippen LogP contribution in [0.4, 0.5) is 0 Å². The molecule has 198 valence electrons. The van der Waals surface area contributed by atoms with Gasteiger partial charge in [0.1, 0.15) is 6.07 Å². The summed E-state index contributed by atoms with van der Waals surface area (Å²) in [5.41, 5.74) is 7.76. The molecular formula is C37H30N4. The SMILES string of the molecule is C=C/C=C(\C=C/C)n1c2ccccc2c2cc3c(cc21)c1ccccc1n3-c1c(C#N)cc(C#N)cc1C(C)(C)C. The summed E-state index contributed by atoms with van der Waals surface area (Å²) in [5, 5.41) is 24.6. The number of benzene rings is 4. The van der Waals surface area contributed by atoms with E-state index in [1.165, 1.54) is 0 Å². The Morgan fingerprint density at radius 2 is 1.41 bits per heavy atom. The first kappa shape index (κ1) is 25.9. The van der Waals surface area contributed by atoms with E-state index in [2.05, 4.69) is 109 Å². The fraction of sp³-hybridized carbons (Fsp3) is 0.135. The smallest absolute Gasteiger partial charge is 0.101 e. The first-order chi connectivity index (χ1) is 19.8. The largest absolute Gasteiger partial charge is 0.309 e. The summed E-state index contributed by atoms with van der Waals surface area (Å²) in [6.45, 7) is 12.4. The van der Waals surface area contributed by atoms with Crippen LogP contribution in [0.25, 0.3) is 55.0 Å². The lowest BCUT2D eigenvalue weighted by atomic mass is 9.83. The summed E-state index contributed by atoms with van der Waals surface area (Å²) in [4.78, 5) is 0. The van der Waals surface area contributed by atoms with Crippen LogP contribution in [-0.2, 0) is 5.41 Å². The number of aromatic nitrogens is 2. The summed E-state index contributed by atoms with van der Waals surface area (Å²) < 4.78 is 4.52. The lowest BCUT2D eigenvalue weighted by Crippen LogP contribution is -2.17. The maximum Gasteiger partial charge on any atom is 0.101 e. The van der Waals surface area contributed by atoms with E-state index in [1.807, 2.05) is 37.3 Å². The predicted molar refractivity (Wildman–Crippen MR) is 171 cm³/mol. The summed E-state index contributed by atoms with van der Waals surface area (Å²) in [6.07, 6.45) is 8.00. The van der Waals surface area contributed by atoms with Crippen molar-refractivity contribution in [1.29, 1.82) is 10.5 Å². The third-order valence-corrected chi connectivity index (χ3v) is 7.74. The van der Waals surface area contributed by atoms with E-state index in [0.29, 0.717) is 11.1 Å². The van der Waals surface area contributed by atoms with E-state index >= 15 is 0 Å². The Morgan fingerprint density at radius 1 is 0.780 bits per heavy atom. The molecule has 0 atom stereocenters. The van der Waals surface area contributed by atoms with E-state index in [9.17, 15) is 10.5 Å². The molecule has 0 spiro atoms. The van der Waals surface area contributed by atoms with Gasteiger partial charge in [-0.1, -0.05) is 75.9 Å². The van der Waals surface area contributed by atoms with Crippen molar-refractivity contribution in [2.75, 3.05) is 0 Å². The fourth-order valence-corrected chi connectivity index (χ4v) is 6.04. The van der Waals surface area contributed by atoms with Crippen molar-refractivity contribution in [1.82, 2.24) is 9.13 Å². The zero-order valence-electron chi connectivity index (χ0n) is 23.7. The van der Waals surface area contributed by atoms with Crippen LogP contribution >= 0.6 is 0 Å². The van der Waals surface area contributed by atoms with Gasteiger partial charge in [-0.2, -0.15) is 10.5 Å². The minimum atomic E-state index is -0.303. The van der Waals surface area contributed by atoms with Crippen LogP contribution in [0.15, 0.2) is 104 Å². The van der Waals surface area contributed by atoms with Crippen molar-refractivity contribution in [3.05, 3.63) is 120 Å². The highest BCUT2D eigenvalue weighted by Crippen LogP contribution is 2.42. The van der Waals surface area contributed by atoms with Crippen LogP contribution in [0.1, 0.15) is 44.4 Å². The fourth-order valence-electron chi connectivity index (χ4n) is 6.04. The molecule has 0 unspecified atom stereocenters. The number of allylic oxidation sites excluding steroid dienone is 5. The number of hydrogen-bond acceptors (Lipinski definition) is 2. The quantitative estimate of drug-likeness (QED) is 0.213. The average Bonchev–Trinajstić information content (AvgIpc) is 3.46. The van der Waals surface area contributed by atoms with E-state index in [4.69, 9.17) is 0 Å². The van der Waals surface area contributed by atoms with Gasteiger partial charge in [-0.25, -0.2) is 0 Å². The second-order valence-corrected chi connectivity index (χ2v) is 11.3. The maximum atomic E-state index is 10.4. The van der Waals surface area contributed by atoms with E-state index in [1.54, 1.807) is 6.07 Å².